The zero-order valence-electron chi connectivity index (χ0n) is 12.1. The third kappa shape index (κ3) is 5.14. The van der Waals surface area contributed by atoms with Gasteiger partial charge < -0.3 is 10.2 Å². The molecule has 1 aromatic rings. The summed E-state index contributed by atoms with van der Waals surface area (Å²) in [5.74, 6) is 5.59. The summed E-state index contributed by atoms with van der Waals surface area (Å²) < 4.78 is 26.4. The maximum Gasteiger partial charge on any atom is 0.243 e. The molecule has 0 bridgehead atoms. The van der Waals surface area contributed by atoms with Gasteiger partial charge in [0.25, 0.3) is 0 Å². The van der Waals surface area contributed by atoms with Crippen LogP contribution in [0.5, 0.6) is 0 Å². The standard InChI is InChI=1S/C15H21NO4S/c1-2-16(10-6-12-18)21(19,20)15-9-5-8-14(13-15)7-3-4-11-17/h5,8-9,13,17-18H,2,4,6,10-12H2,1H3. The molecule has 0 aliphatic rings. The molecule has 5 nitrogen and oxygen atoms in total. The van der Waals surface area contributed by atoms with E-state index in [1.807, 2.05) is 0 Å². The highest BCUT2D eigenvalue weighted by Crippen LogP contribution is 2.17. The van der Waals surface area contributed by atoms with Crippen LogP contribution in [0.4, 0.5) is 0 Å². The number of aliphatic hydroxyl groups is 2. The number of benzene rings is 1. The lowest BCUT2D eigenvalue weighted by Gasteiger charge is -2.20. The SMILES string of the molecule is CCN(CCCO)S(=O)(=O)c1cccc(C#CCCO)c1. The fraction of sp³-hybridized carbons (Fsp3) is 0.467. The van der Waals surface area contributed by atoms with Crippen molar-refractivity contribution >= 4 is 10.0 Å². The minimum absolute atomic E-state index is 0.0181. The van der Waals surface area contributed by atoms with Gasteiger partial charge in [-0.15, -0.1) is 0 Å². The van der Waals surface area contributed by atoms with Gasteiger partial charge in [0.05, 0.1) is 11.5 Å². The second-order valence-corrected chi connectivity index (χ2v) is 6.32. The van der Waals surface area contributed by atoms with Gasteiger partial charge in [-0.05, 0) is 24.6 Å². The molecule has 1 aromatic carbocycles. The van der Waals surface area contributed by atoms with Gasteiger partial charge in [0.1, 0.15) is 0 Å². The zero-order chi connectivity index (χ0) is 15.7. The highest BCUT2D eigenvalue weighted by molar-refractivity contribution is 7.89. The molecule has 0 saturated heterocycles. The van der Waals surface area contributed by atoms with Crippen molar-refractivity contribution < 1.29 is 18.6 Å². The fourth-order valence-electron chi connectivity index (χ4n) is 1.80. The number of hydrogen-bond acceptors (Lipinski definition) is 4. The van der Waals surface area contributed by atoms with E-state index in [4.69, 9.17) is 10.2 Å². The smallest absolute Gasteiger partial charge is 0.243 e. The van der Waals surface area contributed by atoms with Crippen molar-refractivity contribution in [1.82, 2.24) is 4.31 Å². The summed E-state index contributed by atoms with van der Waals surface area (Å²) in [5, 5.41) is 17.5. The van der Waals surface area contributed by atoms with Crippen molar-refractivity contribution in [3.05, 3.63) is 29.8 Å². The van der Waals surface area contributed by atoms with Crippen molar-refractivity contribution in [3.8, 4) is 11.8 Å². The Balaban J connectivity index is 3.03. The van der Waals surface area contributed by atoms with Crippen LogP contribution >= 0.6 is 0 Å². The van der Waals surface area contributed by atoms with Crippen molar-refractivity contribution in [1.29, 1.82) is 0 Å². The second-order valence-electron chi connectivity index (χ2n) is 4.38. The Labute approximate surface area is 126 Å². The lowest BCUT2D eigenvalue weighted by Crippen LogP contribution is -2.32. The minimum Gasteiger partial charge on any atom is -0.396 e. The Morgan fingerprint density at radius 3 is 2.62 bits per heavy atom. The van der Waals surface area contributed by atoms with E-state index in [-0.39, 0.29) is 24.7 Å². The molecule has 0 aliphatic heterocycles. The first-order valence-corrected chi connectivity index (χ1v) is 8.31. The van der Waals surface area contributed by atoms with Crippen LogP contribution in [0, 0.1) is 11.8 Å². The molecule has 0 aliphatic carbocycles. The number of hydrogen-bond donors (Lipinski definition) is 2. The molecule has 0 saturated carbocycles. The Morgan fingerprint density at radius 2 is 2.00 bits per heavy atom. The predicted molar refractivity (Wildman–Crippen MR) is 81.2 cm³/mol. The Bertz CT molecular complexity index is 602. The molecular weight excluding hydrogens is 290 g/mol. The van der Waals surface area contributed by atoms with Crippen LogP contribution in [0.1, 0.15) is 25.3 Å². The molecule has 21 heavy (non-hydrogen) atoms. The predicted octanol–water partition coefficient (Wildman–Crippen LogP) is 0.814. The van der Waals surface area contributed by atoms with Crippen LogP contribution in [-0.4, -0.2) is 49.2 Å². The molecule has 0 aromatic heterocycles. The molecule has 0 spiro atoms. The topological polar surface area (TPSA) is 77.8 Å². The lowest BCUT2D eigenvalue weighted by atomic mass is 10.2. The number of nitrogens with zero attached hydrogens (tertiary/aromatic N) is 1. The van der Waals surface area contributed by atoms with E-state index in [1.54, 1.807) is 19.1 Å². The van der Waals surface area contributed by atoms with Gasteiger partial charge in [0.2, 0.25) is 10.0 Å². The molecular formula is C15H21NO4S. The first kappa shape index (κ1) is 17.7. The molecule has 2 N–H and O–H groups in total. The molecule has 0 atom stereocenters. The van der Waals surface area contributed by atoms with Crippen LogP contribution in [0.3, 0.4) is 0 Å². The van der Waals surface area contributed by atoms with Crippen LogP contribution in [-0.2, 0) is 10.0 Å². The molecule has 0 radical (unpaired) electrons. The van der Waals surface area contributed by atoms with Crippen molar-refractivity contribution in [2.75, 3.05) is 26.3 Å². The number of aliphatic hydroxyl groups excluding tert-OH is 2. The first-order chi connectivity index (χ1) is 10.1. The van der Waals surface area contributed by atoms with Gasteiger partial charge in [0.15, 0.2) is 0 Å². The lowest BCUT2D eigenvalue weighted by molar-refractivity contribution is 0.271. The summed E-state index contributed by atoms with van der Waals surface area (Å²) in [7, 11) is -3.57. The summed E-state index contributed by atoms with van der Waals surface area (Å²) >= 11 is 0. The second kappa shape index (κ2) is 8.80. The maximum atomic E-state index is 12.5. The van der Waals surface area contributed by atoms with Gasteiger partial charge >= 0.3 is 0 Å². The van der Waals surface area contributed by atoms with Crippen LogP contribution in [0.15, 0.2) is 29.2 Å². The van der Waals surface area contributed by atoms with Crippen molar-refractivity contribution in [3.63, 3.8) is 0 Å². The average molecular weight is 311 g/mol. The summed E-state index contributed by atoms with van der Waals surface area (Å²) in [6, 6.07) is 6.44. The fourth-order valence-corrected chi connectivity index (χ4v) is 3.33. The number of rotatable bonds is 7. The maximum absolute atomic E-state index is 12.5. The minimum atomic E-state index is -3.57. The largest absolute Gasteiger partial charge is 0.396 e. The van der Waals surface area contributed by atoms with E-state index in [9.17, 15) is 8.42 Å². The normalized spacial score (nSPS) is 11.2. The van der Waals surface area contributed by atoms with Crippen molar-refractivity contribution in [2.45, 2.75) is 24.7 Å². The zero-order valence-corrected chi connectivity index (χ0v) is 12.9. The first-order valence-electron chi connectivity index (χ1n) is 6.87. The quantitative estimate of drug-likeness (QED) is 0.731. The van der Waals surface area contributed by atoms with Gasteiger partial charge in [-0.1, -0.05) is 24.8 Å². The molecule has 6 heteroatoms. The van der Waals surface area contributed by atoms with E-state index >= 15 is 0 Å². The molecule has 0 unspecified atom stereocenters. The summed E-state index contributed by atoms with van der Waals surface area (Å²) in [6.45, 7) is 2.34. The Hall–Kier alpha value is -1.39. The molecule has 0 amide bonds. The van der Waals surface area contributed by atoms with E-state index in [1.165, 1.54) is 16.4 Å². The third-order valence-electron chi connectivity index (χ3n) is 2.86. The van der Waals surface area contributed by atoms with Crippen LogP contribution in [0.25, 0.3) is 0 Å². The van der Waals surface area contributed by atoms with Gasteiger partial charge in [0, 0.05) is 31.7 Å². The van der Waals surface area contributed by atoms with Gasteiger partial charge in [-0.3, -0.25) is 0 Å². The highest BCUT2D eigenvalue weighted by atomic mass is 32.2. The van der Waals surface area contributed by atoms with Gasteiger partial charge in [-0.25, -0.2) is 8.42 Å². The third-order valence-corrected chi connectivity index (χ3v) is 4.83. The van der Waals surface area contributed by atoms with Crippen LogP contribution < -0.4 is 0 Å². The molecule has 1 rings (SSSR count). The monoisotopic (exact) mass is 311 g/mol. The average Bonchev–Trinajstić information content (AvgIpc) is 2.48. The van der Waals surface area contributed by atoms with E-state index in [2.05, 4.69) is 11.8 Å². The van der Waals surface area contributed by atoms with Crippen LogP contribution in [0.2, 0.25) is 0 Å². The molecule has 116 valence electrons. The van der Waals surface area contributed by atoms with E-state index in [0.29, 0.717) is 24.9 Å². The Morgan fingerprint density at radius 1 is 1.24 bits per heavy atom. The number of sulfonamides is 1. The summed E-state index contributed by atoms with van der Waals surface area (Å²) in [4.78, 5) is 0.193. The highest BCUT2D eigenvalue weighted by Gasteiger charge is 2.22. The van der Waals surface area contributed by atoms with E-state index in [0.717, 1.165) is 0 Å². The Kier molecular flexibility index (Phi) is 7.40. The van der Waals surface area contributed by atoms with Gasteiger partial charge in [-0.2, -0.15) is 4.31 Å². The summed E-state index contributed by atoms with van der Waals surface area (Å²) in [6.07, 6.45) is 0.762. The molecule has 0 heterocycles. The van der Waals surface area contributed by atoms with Crippen molar-refractivity contribution in [2.24, 2.45) is 0 Å². The molecule has 0 fully saturated rings. The summed E-state index contributed by atoms with van der Waals surface area (Å²) in [5.41, 5.74) is 0.600. The van der Waals surface area contributed by atoms with E-state index < -0.39 is 10.0 Å².